The molecule has 1 heterocycles. The largest absolute Gasteiger partial charge is 0.336 e. The van der Waals surface area contributed by atoms with Crippen LogP contribution in [0, 0.1) is 5.82 Å². The number of carbonyl (C=O) groups excluding carboxylic acids is 1. The van der Waals surface area contributed by atoms with Crippen molar-refractivity contribution in [3.63, 3.8) is 0 Å². The number of anilines is 4. The van der Waals surface area contributed by atoms with E-state index in [-0.39, 0.29) is 18.8 Å². The van der Waals surface area contributed by atoms with Crippen molar-refractivity contribution < 1.29 is 17.6 Å². The van der Waals surface area contributed by atoms with Crippen LogP contribution in [0.4, 0.5) is 31.9 Å². The van der Waals surface area contributed by atoms with Crippen molar-refractivity contribution in [2.75, 3.05) is 33.6 Å². The van der Waals surface area contributed by atoms with Gasteiger partial charge in [-0.1, -0.05) is 36.4 Å². The van der Waals surface area contributed by atoms with Crippen LogP contribution < -0.4 is 18.8 Å². The van der Waals surface area contributed by atoms with Gasteiger partial charge in [0.25, 0.3) is 0 Å². The average Bonchev–Trinajstić information content (AvgIpc) is 2.95. The van der Waals surface area contributed by atoms with Crippen LogP contribution in [0.2, 0.25) is 0 Å². The van der Waals surface area contributed by atoms with Crippen molar-refractivity contribution in [1.82, 2.24) is 5.32 Å². The van der Waals surface area contributed by atoms with Gasteiger partial charge in [-0.2, -0.15) is 8.42 Å². The molecule has 0 atom stereocenters. The van der Waals surface area contributed by atoms with E-state index in [0.29, 0.717) is 17.1 Å². The average molecular weight is 441 g/mol. The molecule has 0 saturated carbocycles. The molecule has 2 amide bonds. The maximum Gasteiger partial charge on any atom is 0.326 e. The second kappa shape index (κ2) is 8.27. The lowest BCUT2D eigenvalue weighted by Crippen LogP contribution is -2.43. The fourth-order valence-corrected chi connectivity index (χ4v) is 4.89. The molecule has 0 spiro atoms. The van der Waals surface area contributed by atoms with Gasteiger partial charge in [0.1, 0.15) is 5.82 Å². The van der Waals surface area contributed by atoms with Crippen molar-refractivity contribution in [1.29, 1.82) is 0 Å². The second-order valence-corrected chi connectivity index (χ2v) is 8.80. The van der Waals surface area contributed by atoms with Gasteiger partial charge in [-0.25, -0.2) is 13.5 Å². The number of benzene rings is 3. The topological polar surface area (TPSA) is 73.0 Å². The van der Waals surface area contributed by atoms with Crippen LogP contribution in [-0.4, -0.2) is 34.6 Å². The summed E-state index contributed by atoms with van der Waals surface area (Å²) < 4.78 is 41.4. The van der Waals surface area contributed by atoms with Crippen LogP contribution in [0.3, 0.4) is 0 Å². The smallest absolute Gasteiger partial charge is 0.326 e. The third-order valence-electron chi connectivity index (χ3n) is 4.99. The van der Waals surface area contributed by atoms with Gasteiger partial charge in [0.15, 0.2) is 0 Å². The highest BCUT2D eigenvalue weighted by Gasteiger charge is 2.38. The molecule has 0 saturated heterocycles. The van der Waals surface area contributed by atoms with Crippen LogP contribution in [0.1, 0.15) is 0 Å². The summed E-state index contributed by atoms with van der Waals surface area (Å²) in [6.07, 6.45) is 0. The van der Waals surface area contributed by atoms with E-state index in [1.807, 2.05) is 60.7 Å². The molecule has 0 bridgehead atoms. The summed E-state index contributed by atoms with van der Waals surface area (Å²) in [5, 5.41) is 2.77. The molecule has 0 aliphatic carbocycles. The number of para-hydroxylation sites is 2. The molecule has 0 fully saturated rings. The van der Waals surface area contributed by atoms with Crippen molar-refractivity contribution in [2.24, 2.45) is 0 Å². The van der Waals surface area contributed by atoms with E-state index in [0.717, 1.165) is 8.61 Å². The molecule has 3 aromatic carbocycles. The van der Waals surface area contributed by atoms with E-state index in [1.54, 1.807) is 0 Å². The number of nitrogens with zero attached hydrogens (tertiary/aromatic N) is 3. The van der Waals surface area contributed by atoms with Gasteiger partial charge in [-0.15, -0.1) is 0 Å². The number of rotatable bonds is 5. The summed E-state index contributed by atoms with van der Waals surface area (Å²) in [6, 6.07) is 21.7. The molecule has 1 aliphatic heterocycles. The SMILES string of the molecule is CN1c2ccc(F)cc2N(CCNC(=O)N(c2ccccc2)c2ccccc2)S1(=O)=O. The minimum Gasteiger partial charge on any atom is -0.336 e. The molecule has 1 N–H and O–H groups in total. The van der Waals surface area contributed by atoms with E-state index in [1.165, 1.54) is 30.1 Å². The summed E-state index contributed by atoms with van der Waals surface area (Å²) in [5.41, 5.74) is 1.99. The van der Waals surface area contributed by atoms with Crippen molar-refractivity contribution >= 4 is 39.0 Å². The van der Waals surface area contributed by atoms with Gasteiger partial charge >= 0.3 is 16.2 Å². The van der Waals surface area contributed by atoms with E-state index >= 15 is 0 Å². The van der Waals surface area contributed by atoms with Crippen LogP contribution in [-0.2, 0) is 10.2 Å². The minimum absolute atomic E-state index is 0.0354. The fourth-order valence-electron chi connectivity index (χ4n) is 3.48. The minimum atomic E-state index is -3.83. The Morgan fingerprint density at radius 1 is 0.935 bits per heavy atom. The van der Waals surface area contributed by atoms with Crippen molar-refractivity contribution in [3.8, 4) is 0 Å². The summed E-state index contributed by atoms with van der Waals surface area (Å²) >= 11 is 0. The summed E-state index contributed by atoms with van der Waals surface area (Å²) in [6.45, 7) is 0.00428. The Morgan fingerprint density at radius 2 is 1.52 bits per heavy atom. The Hall–Kier alpha value is -3.59. The Labute approximate surface area is 180 Å². The van der Waals surface area contributed by atoms with Gasteiger partial charge in [0, 0.05) is 19.7 Å². The molecule has 0 radical (unpaired) electrons. The lowest BCUT2D eigenvalue weighted by Gasteiger charge is -2.24. The quantitative estimate of drug-likeness (QED) is 0.655. The van der Waals surface area contributed by atoms with Gasteiger partial charge in [-0.3, -0.25) is 9.21 Å². The van der Waals surface area contributed by atoms with E-state index in [4.69, 9.17) is 0 Å². The van der Waals surface area contributed by atoms with E-state index < -0.39 is 22.1 Å². The normalized spacial score (nSPS) is 14.3. The first-order valence-corrected chi connectivity index (χ1v) is 11.0. The number of halogens is 1. The third kappa shape index (κ3) is 3.91. The molecule has 3 aromatic rings. The maximum absolute atomic E-state index is 13.7. The lowest BCUT2D eigenvalue weighted by atomic mass is 10.2. The van der Waals surface area contributed by atoms with Crippen molar-refractivity contribution in [2.45, 2.75) is 0 Å². The number of carbonyl (C=O) groups is 1. The molecule has 0 aromatic heterocycles. The predicted octanol–water partition coefficient (Wildman–Crippen LogP) is 3.87. The number of urea groups is 1. The zero-order chi connectivity index (χ0) is 22.0. The van der Waals surface area contributed by atoms with E-state index in [2.05, 4.69) is 5.32 Å². The molecule has 7 nitrogen and oxygen atoms in total. The first-order chi connectivity index (χ1) is 14.9. The summed E-state index contributed by atoms with van der Waals surface area (Å²) in [7, 11) is -2.42. The molecule has 4 rings (SSSR count). The summed E-state index contributed by atoms with van der Waals surface area (Å²) in [4.78, 5) is 14.5. The summed E-state index contributed by atoms with van der Waals surface area (Å²) in [5.74, 6) is -0.530. The van der Waals surface area contributed by atoms with Gasteiger partial charge in [0.2, 0.25) is 0 Å². The number of amides is 2. The van der Waals surface area contributed by atoms with Gasteiger partial charge in [0.05, 0.1) is 29.3 Å². The number of nitrogens with one attached hydrogen (secondary N) is 1. The van der Waals surface area contributed by atoms with Gasteiger partial charge in [-0.05, 0) is 36.4 Å². The molecule has 31 heavy (non-hydrogen) atoms. The molecule has 160 valence electrons. The second-order valence-electron chi connectivity index (χ2n) is 6.92. The molecule has 1 aliphatic rings. The molecular weight excluding hydrogens is 419 g/mol. The van der Waals surface area contributed by atoms with Crippen LogP contribution in [0.5, 0.6) is 0 Å². The monoisotopic (exact) mass is 440 g/mol. The van der Waals surface area contributed by atoms with Crippen LogP contribution in [0.15, 0.2) is 78.9 Å². The third-order valence-corrected chi connectivity index (χ3v) is 6.82. The highest BCUT2D eigenvalue weighted by Crippen LogP contribution is 2.39. The lowest BCUT2D eigenvalue weighted by molar-refractivity contribution is 0.249. The zero-order valence-corrected chi connectivity index (χ0v) is 17.6. The maximum atomic E-state index is 13.7. The van der Waals surface area contributed by atoms with E-state index in [9.17, 15) is 17.6 Å². The zero-order valence-electron chi connectivity index (χ0n) is 16.8. The highest BCUT2D eigenvalue weighted by molar-refractivity contribution is 7.94. The van der Waals surface area contributed by atoms with Gasteiger partial charge < -0.3 is 5.32 Å². The Bertz CT molecular complexity index is 1150. The number of hydrogen-bond acceptors (Lipinski definition) is 3. The van der Waals surface area contributed by atoms with Crippen molar-refractivity contribution in [3.05, 3.63) is 84.7 Å². The standard InChI is InChI=1S/C22H21FN4O3S/c1-25-20-13-12-17(23)16-21(20)26(31(25,29)30)15-14-24-22(28)27(18-8-4-2-5-9-18)19-10-6-3-7-11-19/h2-13,16H,14-15H2,1H3,(H,24,28). The predicted molar refractivity (Wildman–Crippen MR) is 119 cm³/mol. The van der Waals surface area contributed by atoms with Crippen LogP contribution >= 0.6 is 0 Å². The number of hydrogen-bond donors (Lipinski definition) is 1. The first kappa shape index (κ1) is 20.7. The molecule has 0 unspecified atom stereocenters. The van der Waals surface area contributed by atoms with Crippen LogP contribution in [0.25, 0.3) is 0 Å². The number of fused-ring (bicyclic) bond motifs is 1. The Balaban J connectivity index is 1.52. The Kier molecular flexibility index (Phi) is 5.51. The fraction of sp³-hybridized carbons (Fsp3) is 0.136. The highest BCUT2D eigenvalue weighted by atomic mass is 32.2. The molecule has 9 heteroatoms. The Morgan fingerprint density at radius 3 is 2.10 bits per heavy atom. The first-order valence-electron chi connectivity index (χ1n) is 9.64. The molecular formula is C22H21FN4O3S.